The average molecular weight is 292 g/mol. The van der Waals surface area contributed by atoms with E-state index in [1.807, 2.05) is 49.4 Å². The van der Waals surface area contributed by atoms with E-state index in [0.717, 1.165) is 11.1 Å². The number of benzene rings is 2. The van der Waals surface area contributed by atoms with Gasteiger partial charge in [0.05, 0.1) is 7.11 Å². The molecule has 4 heteroatoms. The summed E-state index contributed by atoms with van der Waals surface area (Å²) in [6.07, 6.45) is -0.259. The van der Waals surface area contributed by atoms with Gasteiger partial charge in [-0.15, -0.1) is 0 Å². The van der Waals surface area contributed by atoms with E-state index in [1.165, 1.54) is 0 Å². The average Bonchev–Trinajstić information content (AvgIpc) is 2.45. The summed E-state index contributed by atoms with van der Waals surface area (Å²) in [6.45, 7) is 2.36. The van der Waals surface area contributed by atoms with Gasteiger partial charge in [0.25, 0.3) is 0 Å². The van der Waals surface area contributed by atoms with Crippen LogP contribution in [0.5, 0.6) is 11.5 Å². The molecule has 0 spiro atoms. The fourth-order valence-corrected chi connectivity index (χ4v) is 2.18. The summed E-state index contributed by atoms with van der Waals surface area (Å²) in [5.41, 5.74) is 7.87. The quantitative estimate of drug-likeness (QED) is 0.913. The molecule has 2 rings (SSSR count). The highest BCUT2D eigenvalue weighted by Gasteiger charge is 2.14. The Morgan fingerprint density at radius 1 is 1.15 bits per heavy atom. The van der Waals surface area contributed by atoms with E-state index in [2.05, 4.69) is 0 Å². The van der Waals surface area contributed by atoms with E-state index in [0.29, 0.717) is 23.1 Å². The van der Waals surface area contributed by atoms with Gasteiger partial charge in [-0.05, 0) is 42.3 Å². The van der Waals surface area contributed by atoms with Gasteiger partial charge in [0.1, 0.15) is 6.10 Å². The summed E-state index contributed by atoms with van der Waals surface area (Å²) >= 11 is 6.01. The lowest BCUT2D eigenvalue weighted by molar-refractivity contribution is 0.204. The number of nitrogens with two attached hydrogens (primary N) is 1. The maximum Gasteiger partial charge on any atom is 0.162 e. The van der Waals surface area contributed by atoms with Crippen LogP contribution in [0, 0.1) is 6.92 Å². The summed E-state index contributed by atoms with van der Waals surface area (Å²) in [5, 5.41) is 0.667. The molecule has 106 valence electrons. The third kappa shape index (κ3) is 3.44. The number of methoxy groups -OCH3 is 1. The molecular formula is C16H18ClNO2. The predicted molar refractivity (Wildman–Crippen MR) is 81.6 cm³/mol. The molecule has 2 N–H and O–H groups in total. The van der Waals surface area contributed by atoms with Crippen molar-refractivity contribution in [2.45, 2.75) is 13.0 Å². The van der Waals surface area contributed by atoms with Crippen LogP contribution in [0.2, 0.25) is 5.02 Å². The van der Waals surface area contributed by atoms with Crippen LogP contribution in [0.3, 0.4) is 0 Å². The van der Waals surface area contributed by atoms with E-state index in [4.69, 9.17) is 26.8 Å². The molecule has 0 fully saturated rings. The van der Waals surface area contributed by atoms with Crippen molar-refractivity contribution in [2.75, 3.05) is 13.7 Å². The lowest BCUT2D eigenvalue weighted by atomic mass is 10.1. The van der Waals surface area contributed by atoms with Gasteiger partial charge in [-0.2, -0.15) is 0 Å². The van der Waals surface area contributed by atoms with E-state index in [9.17, 15) is 0 Å². The molecule has 0 saturated carbocycles. The Morgan fingerprint density at radius 2 is 1.95 bits per heavy atom. The second-order valence-electron chi connectivity index (χ2n) is 4.55. The minimum atomic E-state index is -0.259. The summed E-state index contributed by atoms with van der Waals surface area (Å²) in [7, 11) is 1.62. The fourth-order valence-electron chi connectivity index (χ4n) is 1.98. The first-order valence-electron chi connectivity index (χ1n) is 6.41. The second-order valence-corrected chi connectivity index (χ2v) is 4.99. The topological polar surface area (TPSA) is 44.5 Å². The number of rotatable bonds is 5. The monoisotopic (exact) mass is 291 g/mol. The number of hydrogen-bond donors (Lipinski definition) is 1. The molecular weight excluding hydrogens is 274 g/mol. The van der Waals surface area contributed by atoms with E-state index in [-0.39, 0.29) is 6.10 Å². The minimum absolute atomic E-state index is 0.259. The van der Waals surface area contributed by atoms with Gasteiger partial charge in [-0.3, -0.25) is 0 Å². The van der Waals surface area contributed by atoms with Gasteiger partial charge in [0.15, 0.2) is 11.5 Å². The van der Waals surface area contributed by atoms with Crippen molar-refractivity contribution in [3.05, 3.63) is 58.6 Å². The largest absolute Gasteiger partial charge is 0.493 e. The van der Waals surface area contributed by atoms with Crippen LogP contribution in [0.15, 0.2) is 42.5 Å². The Kier molecular flexibility index (Phi) is 4.88. The smallest absolute Gasteiger partial charge is 0.162 e. The third-order valence-corrected chi connectivity index (χ3v) is 3.26. The minimum Gasteiger partial charge on any atom is -0.493 e. The SMILES string of the molecule is COc1cc(C)ccc1OC(CN)c1cccc(Cl)c1. The molecule has 0 saturated heterocycles. The van der Waals surface area contributed by atoms with Crippen molar-refractivity contribution in [3.63, 3.8) is 0 Å². The Hall–Kier alpha value is -1.71. The van der Waals surface area contributed by atoms with Crippen molar-refractivity contribution >= 4 is 11.6 Å². The molecule has 0 heterocycles. The van der Waals surface area contributed by atoms with E-state index in [1.54, 1.807) is 7.11 Å². The first kappa shape index (κ1) is 14.7. The Morgan fingerprint density at radius 3 is 2.60 bits per heavy atom. The van der Waals surface area contributed by atoms with Gasteiger partial charge in [-0.1, -0.05) is 29.8 Å². The first-order valence-corrected chi connectivity index (χ1v) is 6.78. The van der Waals surface area contributed by atoms with Crippen LogP contribution >= 0.6 is 11.6 Å². The molecule has 0 aromatic heterocycles. The summed E-state index contributed by atoms with van der Waals surface area (Å²) in [6, 6.07) is 13.3. The van der Waals surface area contributed by atoms with Crippen LogP contribution in [0.4, 0.5) is 0 Å². The molecule has 0 aliphatic carbocycles. The van der Waals surface area contributed by atoms with Crippen molar-refractivity contribution in [1.29, 1.82) is 0 Å². The van der Waals surface area contributed by atoms with Crippen LogP contribution in [0.25, 0.3) is 0 Å². The zero-order valence-corrected chi connectivity index (χ0v) is 12.4. The van der Waals surface area contributed by atoms with Crippen molar-refractivity contribution < 1.29 is 9.47 Å². The molecule has 0 aliphatic rings. The highest BCUT2D eigenvalue weighted by atomic mass is 35.5. The highest BCUT2D eigenvalue weighted by molar-refractivity contribution is 6.30. The Labute approximate surface area is 124 Å². The molecule has 0 aliphatic heterocycles. The van der Waals surface area contributed by atoms with E-state index < -0.39 is 0 Å². The molecule has 2 aromatic carbocycles. The number of aryl methyl sites for hydroxylation is 1. The van der Waals surface area contributed by atoms with Crippen LogP contribution in [-0.4, -0.2) is 13.7 Å². The maximum absolute atomic E-state index is 6.01. The lowest BCUT2D eigenvalue weighted by Gasteiger charge is -2.20. The zero-order valence-electron chi connectivity index (χ0n) is 11.6. The summed E-state index contributed by atoms with van der Waals surface area (Å²) < 4.78 is 11.3. The maximum atomic E-state index is 6.01. The molecule has 0 amide bonds. The molecule has 20 heavy (non-hydrogen) atoms. The molecule has 0 bridgehead atoms. The van der Waals surface area contributed by atoms with Crippen molar-refractivity contribution in [3.8, 4) is 11.5 Å². The van der Waals surface area contributed by atoms with Crippen molar-refractivity contribution in [2.24, 2.45) is 5.73 Å². The Balaban J connectivity index is 2.26. The van der Waals surface area contributed by atoms with Gasteiger partial charge in [-0.25, -0.2) is 0 Å². The lowest BCUT2D eigenvalue weighted by Crippen LogP contribution is -2.18. The first-order chi connectivity index (χ1) is 9.63. The van der Waals surface area contributed by atoms with Crippen LogP contribution in [-0.2, 0) is 0 Å². The fraction of sp³-hybridized carbons (Fsp3) is 0.250. The second kappa shape index (κ2) is 6.64. The number of ether oxygens (including phenoxy) is 2. The normalized spacial score (nSPS) is 12.0. The van der Waals surface area contributed by atoms with Crippen LogP contribution < -0.4 is 15.2 Å². The molecule has 1 atom stereocenters. The van der Waals surface area contributed by atoms with Gasteiger partial charge >= 0.3 is 0 Å². The molecule has 0 radical (unpaired) electrons. The standard InChI is InChI=1S/C16H18ClNO2/c1-11-6-7-14(15(8-11)19-2)20-16(10-18)12-4-3-5-13(17)9-12/h3-9,16H,10,18H2,1-2H3. The van der Waals surface area contributed by atoms with E-state index >= 15 is 0 Å². The van der Waals surface area contributed by atoms with Gasteiger partial charge in [0, 0.05) is 11.6 Å². The van der Waals surface area contributed by atoms with Crippen LogP contribution in [0.1, 0.15) is 17.2 Å². The highest BCUT2D eigenvalue weighted by Crippen LogP contribution is 2.32. The number of hydrogen-bond acceptors (Lipinski definition) is 3. The molecule has 3 nitrogen and oxygen atoms in total. The summed E-state index contributed by atoms with van der Waals surface area (Å²) in [4.78, 5) is 0. The Bertz CT molecular complexity index is 586. The summed E-state index contributed by atoms with van der Waals surface area (Å²) in [5.74, 6) is 1.37. The third-order valence-electron chi connectivity index (χ3n) is 3.02. The number of halogens is 1. The van der Waals surface area contributed by atoms with Crippen molar-refractivity contribution in [1.82, 2.24) is 0 Å². The van der Waals surface area contributed by atoms with Gasteiger partial charge < -0.3 is 15.2 Å². The molecule has 2 aromatic rings. The zero-order chi connectivity index (χ0) is 14.5. The predicted octanol–water partition coefficient (Wildman–Crippen LogP) is 3.74. The van der Waals surface area contributed by atoms with Gasteiger partial charge in [0.2, 0.25) is 0 Å². The molecule has 1 unspecified atom stereocenters.